The van der Waals surface area contributed by atoms with Crippen LogP contribution in [0.5, 0.6) is 5.75 Å². The van der Waals surface area contributed by atoms with E-state index < -0.39 is 6.04 Å². The molecule has 7 nitrogen and oxygen atoms in total. The molecule has 3 aromatic rings. The minimum atomic E-state index is -0.408. The number of aromatic amines is 1. The molecule has 27 heavy (non-hydrogen) atoms. The van der Waals surface area contributed by atoms with E-state index in [4.69, 9.17) is 16.3 Å². The van der Waals surface area contributed by atoms with Crippen molar-refractivity contribution in [3.63, 3.8) is 0 Å². The van der Waals surface area contributed by atoms with Crippen molar-refractivity contribution in [3.8, 4) is 5.75 Å². The first-order valence-electron chi connectivity index (χ1n) is 8.83. The van der Waals surface area contributed by atoms with Crippen molar-refractivity contribution in [2.75, 3.05) is 20.7 Å². The summed E-state index contributed by atoms with van der Waals surface area (Å²) in [6.07, 6.45) is 4.37. The van der Waals surface area contributed by atoms with Crippen LogP contribution < -0.4 is 10.1 Å². The Morgan fingerprint density at radius 3 is 2.93 bits per heavy atom. The minimum absolute atomic E-state index is 0.0476. The number of amides is 1. The third kappa shape index (κ3) is 3.07. The maximum atomic E-state index is 13.2. The van der Waals surface area contributed by atoms with Crippen molar-refractivity contribution >= 4 is 28.4 Å². The Kier molecular flexibility index (Phi) is 4.57. The summed E-state index contributed by atoms with van der Waals surface area (Å²) in [6.45, 7) is 1.22. The third-order valence-electron chi connectivity index (χ3n) is 5.15. The molecule has 8 heteroatoms. The van der Waals surface area contributed by atoms with Crippen molar-refractivity contribution in [2.24, 2.45) is 7.05 Å². The molecule has 142 valence electrons. The Morgan fingerprint density at radius 1 is 1.44 bits per heavy atom. The van der Waals surface area contributed by atoms with Crippen LogP contribution in [-0.4, -0.2) is 46.3 Å². The fraction of sp³-hybridized carbons (Fsp3) is 0.368. The molecule has 1 aliphatic rings. The van der Waals surface area contributed by atoms with E-state index in [1.165, 1.54) is 0 Å². The Morgan fingerprint density at radius 2 is 2.26 bits per heavy atom. The number of fused-ring (bicyclic) bond motifs is 3. The molecule has 0 saturated carbocycles. The highest BCUT2D eigenvalue weighted by molar-refractivity contribution is 6.32. The van der Waals surface area contributed by atoms with Crippen LogP contribution in [0, 0.1) is 0 Å². The molecule has 3 heterocycles. The van der Waals surface area contributed by atoms with Gasteiger partial charge in [0.05, 0.1) is 18.3 Å². The van der Waals surface area contributed by atoms with Crippen molar-refractivity contribution < 1.29 is 9.53 Å². The number of hydrogen-bond acceptors (Lipinski definition) is 4. The first kappa shape index (κ1) is 17.9. The molecule has 0 spiro atoms. The normalized spacial score (nSPS) is 15.0. The van der Waals surface area contributed by atoms with Crippen LogP contribution >= 0.6 is 11.6 Å². The number of benzene rings is 1. The van der Waals surface area contributed by atoms with Gasteiger partial charge in [0.25, 0.3) is 0 Å². The first-order valence-corrected chi connectivity index (χ1v) is 9.21. The van der Waals surface area contributed by atoms with Gasteiger partial charge in [-0.3, -0.25) is 9.48 Å². The molecule has 0 saturated heterocycles. The Labute approximate surface area is 162 Å². The van der Waals surface area contributed by atoms with Gasteiger partial charge in [0, 0.05) is 60.5 Å². The highest BCUT2D eigenvalue weighted by Gasteiger charge is 2.30. The zero-order valence-corrected chi connectivity index (χ0v) is 16.3. The molecular formula is C19H22ClN5O2. The molecule has 0 radical (unpaired) electrons. The summed E-state index contributed by atoms with van der Waals surface area (Å²) >= 11 is 6.25. The van der Waals surface area contributed by atoms with Crippen molar-refractivity contribution in [3.05, 3.63) is 46.4 Å². The summed E-state index contributed by atoms with van der Waals surface area (Å²) in [6, 6.07) is 3.42. The van der Waals surface area contributed by atoms with Crippen LogP contribution in [0.25, 0.3) is 10.9 Å². The summed E-state index contributed by atoms with van der Waals surface area (Å²) < 4.78 is 7.06. The Hall–Kier alpha value is -2.51. The van der Waals surface area contributed by atoms with Gasteiger partial charge in [0.15, 0.2) is 0 Å². The number of nitrogens with one attached hydrogen (secondary N) is 2. The fourth-order valence-electron chi connectivity index (χ4n) is 3.77. The topological polar surface area (TPSA) is 75.2 Å². The van der Waals surface area contributed by atoms with Gasteiger partial charge < -0.3 is 19.9 Å². The highest BCUT2D eigenvalue weighted by atomic mass is 35.5. The van der Waals surface area contributed by atoms with Crippen LogP contribution in [0.3, 0.4) is 0 Å². The maximum absolute atomic E-state index is 13.2. The minimum Gasteiger partial charge on any atom is -0.495 e. The van der Waals surface area contributed by atoms with Crippen LogP contribution in [0.1, 0.15) is 22.9 Å². The van der Waals surface area contributed by atoms with E-state index in [2.05, 4.69) is 15.4 Å². The molecule has 1 amide bonds. The predicted octanol–water partition coefficient (Wildman–Crippen LogP) is 2.41. The number of aryl methyl sites for hydroxylation is 1. The van der Waals surface area contributed by atoms with Gasteiger partial charge in [0.1, 0.15) is 11.8 Å². The monoisotopic (exact) mass is 387 g/mol. The molecule has 1 aliphatic heterocycles. The van der Waals surface area contributed by atoms with Gasteiger partial charge in [-0.1, -0.05) is 11.6 Å². The van der Waals surface area contributed by atoms with Gasteiger partial charge in [0.2, 0.25) is 5.91 Å². The lowest BCUT2D eigenvalue weighted by molar-refractivity contribution is -0.134. The van der Waals surface area contributed by atoms with Gasteiger partial charge in [-0.25, -0.2) is 0 Å². The van der Waals surface area contributed by atoms with Crippen molar-refractivity contribution in [1.82, 2.24) is 25.0 Å². The molecule has 1 aromatic carbocycles. The summed E-state index contributed by atoms with van der Waals surface area (Å²) in [5, 5.41) is 8.92. The average Bonchev–Trinajstić information content (AvgIpc) is 3.24. The summed E-state index contributed by atoms with van der Waals surface area (Å²) in [5.74, 6) is 0.685. The summed E-state index contributed by atoms with van der Waals surface area (Å²) in [5.41, 5.74) is 4.11. The van der Waals surface area contributed by atoms with E-state index in [0.717, 1.165) is 34.1 Å². The summed E-state index contributed by atoms with van der Waals surface area (Å²) in [4.78, 5) is 18.5. The molecule has 1 unspecified atom stereocenters. The highest BCUT2D eigenvalue weighted by Crippen LogP contribution is 2.35. The molecule has 2 aromatic heterocycles. The second kappa shape index (κ2) is 6.90. The quantitative estimate of drug-likeness (QED) is 0.720. The lowest BCUT2D eigenvalue weighted by Gasteiger charge is -2.30. The molecule has 4 rings (SSSR count). The SMILES string of the molecule is CNC(C(=O)N1CCc2[nH]c3cc(Cl)c(OC)cc3c2C1)c1cnn(C)c1. The zero-order chi connectivity index (χ0) is 19.1. The number of halogens is 1. The number of likely N-dealkylation sites (N-methyl/N-ethyl adjacent to an activating group) is 1. The Bertz CT molecular complexity index is 1010. The maximum Gasteiger partial charge on any atom is 0.244 e. The van der Waals surface area contributed by atoms with E-state index in [9.17, 15) is 4.79 Å². The van der Waals surface area contributed by atoms with Gasteiger partial charge in [-0.05, 0) is 19.2 Å². The summed E-state index contributed by atoms with van der Waals surface area (Å²) in [7, 11) is 5.25. The predicted molar refractivity (Wildman–Crippen MR) is 104 cm³/mol. The van der Waals surface area contributed by atoms with Crippen LogP contribution in [0.4, 0.5) is 0 Å². The molecule has 0 fully saturated rings. The number of carbonyl (C=O) groups is 1. The number of ether oxygens (including phenoxy) is 1. The lowest BCUT2D eigenvalue weighted by Crippen LogP contribution is -2.42. The van der Waals surface area contributed by atoms with E-state index >= 15 is 0 Å². The number of hydrogen-bond donors (Lipinski definition) is 2. The number of aromatic nitrogens is 3. The molecule has 0 aliphatic carbocycles. The lowest BCUT2D eigenvalue weighted by atomic mass is 10.0. The third-order valence-corrected chi connectivity index (χ3v) is 5.45. The second-order valence-corrected chi connectivity index (χ2v) is 7.20. The molecular weight excluding hydrogens is 366 g/mol. The zero-order valence-electron chi connectivity index (χ0n) is 15.5. The van der Waals surface area contributed by atoms with Gasteiger partial charge >= 0.3 is 0 Å². The van der Waals surface area contributed by atoms with E-state index in [1.54, 1.807) is 25.0 Å². The number of methoxy groups -OCH3 is 1. The molecule has 2 N–H and O–H groups in total. The van der Waals surface area contributed by atoms with E-state index in [0.29, 0.717) is 23.9 Å². The second-order valence-electron chi connectivity index (χ2n) is 6.79. The van der Waals surface area contributed by atoms with Crippen molar-refractivity contribution in [1.29, 1.82) is 0 Å². The Balaban J connectivity index is 1.65. The van der Waals surface area contributed by atoms with Gasteiger partial charge in [-0.15, -0.1) is 0 Å². The standard InChI is InChI=1S/C19H22ClN5O2/c1-21-18(11-8-22-24(2)9-11)19(26)25-5-4-15-13(10-25)12-6-17(27-3)14(20)7-16(12)23-15/h6-9,18,21,23H,4-5,10H2,1-3H3. The number of H-pyrrole nitrogens is 1. The molecule has 1 atom stereocenters. The van der Waals surface area contributed by atoms with Gasteiger partial charge in [-0.2, -0.15) is 5.10 Å². The van der Waals surface area contributed by atoms with Crippen LogP contribution in [0.2, 0.25) is 5.02 Å². The first-order chi connectivity index (χ1) is 13.0. The number of carbonyl (C=O) groups excluding carboxylic acids is 1. The van der Waals surface area contributed by atoms with E-state index in [1.807, 2.05) is 30.3 Å². The number of nitrogens with zero attached hydrogens (tertiary/aromatic N) is 3. The van der Waals surface area contributed by atoms with Crippen molar-refractivity contribution in [2.45, 2.75) is 19.0 Å². The van der Waals surface area contributed by atoms with Crippen LogP contribution in [-0.2, 0) is 24.8 Å². The van der Waals surface area contributed by atoms with Crippen LogP contribution in [0.15, 0.2) is 24.5 Å². The largest absolute Gasteiger partial charge is 0.495 e. The fourth-order valence-corrected chi connectivity index (χ4v) is 4.01. The molecule has 0 bridgehead atoms. The van der Waals surface area contributed by atoms with E-state index in [-0.39, 0.29) is 5.91 Å². The average molecular weight is 388 g/mol. The number of rotatable bonds is 4. The smallest absolute Gasteiger partial charge is 0.244 e.